The van der Waals surface area contributed by atoms with Crippen molar-refractivity contribution in [2.24, 2.45) is 0 Å². The zero-order valence-electron chi connectivity index (χ0n) is 12.9. The van der Waals surface area contributed by atoms with Gasteiger partial charge < -0.3 is 9.15 Å². The van der Waals surface area contributed by atoms with Gasteiger partial charge in [-0.15, -0.1) is 0 Å². The number of hydrogen-bond donors (Lipinski definition) is 0. The third kappa shape index (κ3) is 3.67. The Morgan fingerprint density at radius 2 is 1.96 bits per heavy atom. The zero-order valence-corrected chi connectivity index (χ0v) is 14.4. The van der Waals surface area contributed by atoms with Crippen LogP contribution in [0.5, 0.6) is 0 Å². The van der Waals surface area contributed by atoms with Crippen LogP contribution in [-0.2, 0) is 11.3 Å². The van der Waals surface area contributed by atoms with Crippen LogP contribution in [0, 0.1) is 12.7 Å². The highest BCUT2D eigenvalue weighted by Crippen LogP contribution is 2.26. The van der Waals surface area contributed by atoms with Gasteiger partial charge in [0.05, 0.1) is 5.56 Å². The molecular formula is C18H11Cl2FO4. The van der Waals surface area contributed by atoms with E-state index in [1.165, 1.54) is 18.2 Å². The summed E-state index contributed by atoms with van der Waals surface area (Å²) in [5.41, 5.74) is 0.605. The Hall–Kier alpha value is -2.37. The molecule has 0 amide bonds. The summed E-state index contributed by atoms with van der Waals surface area (Å²) in [5, 5.41) is 1.23. The Morgan fingerprint density at radius 1 is 1.20 bits per heavy atom. The van der Waals surface area contributed by atoms with Gasteiger partial charge in [-0.2, -0.15) is 0 Å². The zero-order chi connectivity index (χ0) is 18.1. The summed E-state index contributed by atoms with van der Waals surface area (Å²) in [7, 11) is 0. The molecule has 1 aromatic heterocycles. The number of fused-ring (bicyclic) bond motifs is 1. The van der Waals surface area contributed by atoms with Gasteiger partial charge in [0.15, 0.2) is 0 Å². The fourth-order valence-electron chi connectivity index (χ4n) is 2.34. The maximum atomic E-state index is 13.7. The molecule has 4 nitrogen and oxygen atoms in total. The standard InChI is InChI=1S/C18H11Cl2FO4/c1-9-4-16-12(7-14(9)20)10(5-17(22)25-16)8-24-18(23)13-6-11(19)2-3-15(13)21/h2-7H,8H2,1H3. The van der Waals surface area contributed by atoms with Crippen LogP contribution < -0.4 is 5.63 Å². The van der Waals surface area contributed by atoms with Crippen LogP contribution in [0.2, 0.25) is 10.0 Å². The molecule has 0 radical (unpaired) electrons. The predicted molar refractivity (Wildman–Crippen MR) is 92.8 cm³/mol. The van der Waals surface area contributed by atoms with Crippen LogP contribution in [0.3, 0.4) is 0 Å². The summed E-state index contributed by atoms with van der Waals surface area (Å²) in [6.07, 6.45) is 0. The van der Waals surface area contributed by atoms with Gasteiger partial charge in [0.25, 0.3) is 0 Å². The summed E-state index contributed by atoms with van der Waals surface area (Å²) in [6.45, 7) is 1.53. The minimum Gasteiger partial charge on any atom is -0.457 e. The molecule has 0 aliphatic carbocycles. The maximum Gasteiger partial charge on any atom is 0.341 e. The van der Waals surface area contributed by atoms with Gasteiger partial charge in [-0.25, -0.2) is 14.0 Å². The monoisotopic (exact) mass is 380 g/mol. The molecule has 0 spiro atoms. The van der Waals surface area contributed by atoms with Crippen molar-refractivity contribution in [3.8, 4) is 0 Å². The largest absolute Gasteiger partial charge is 0.457 e. The van der Waals surface area contributed by atoms with Crippen molar-refractivity contribution in [1.29, 1.82) is 0 Å². The number of hydrogen-bond acceptors (Lipinski definition) is 4. The molecule has 2 aromatic carbocycles. The summed E-state index contributed by atoms with van der Waals surface area (Å²) in [5.74, 6) is -1.63. The van der Waals surface area contributed by atoms with Gasteiger partial charge in [-0.3, -0.25) is 0 Å². The lowest BCUT2D eigenvalue weighted by Gasteiger charge is -2.09. The second-order valence-electron chi connectivity index (χ2n) is 5.39. The van der Waals surface area contributed by atoms with E-state index in [4.69, 9.17) is 32.4 Å². The first kappa shape index (κ1) is 17.5. The van der Waals surface area contributed by atoms with Crippen LogP contribution >= 0.6 is 23.2 Å². The lowest BCUT2D eigenvalue weighted by molar-refractivity contribution is 0.0468. The van der Waals surface area contributed by atoms with Crippen LogP contribution in [0.15, 0.2) is 45.6 Å². The van der Waals surface area contributed by atoms with Crippen LogP contribution in [-0.4, -0.2) is 5.97 Å². The van der Waals surface area contributed by atoms with Crippen molar-refractivity contribution in [2.75, 3.05) is 0 Å². The Balaban J connectivity index is 1.93. The molecule has 3 rings (SSSR count). The van der Waals surface area contributed by atoms with E-state index in [-0.39, 0.29) is 17.2 Å². The van der Waals surface area contributed by atoms with Gasteiger partial charge in [0.2, 0.25) is 0 Å². The molecule has 0 aliphatic heterocycles. The SMILES string of the molecule is Cc1cc2oc(=O)cc(COC(=O)c3cc(Cl)ccc3F)c2cc1Cl. The highest BCUT2D eigenvalue weighted by molar-refractivity contribution is 6.32. The van der Waals surface area contributed by atoms with E-state index in [9.17, 15) is 14.0 Å². The van der Waals surface area contributed by atoms with Crippen molar-refractivity contribution in [2.45, 2.75) is 13.5 Å². The second-order valence-corrected chi connectivity index (χ2v) is 6.23. The lowest BCUT2D eigenvalue weighted by Crippen LogP contribution is -2.09. The Bertz CT molecular complexity index is 1040. The second kappa shape index (κ2) is 6.86. The first-order valence-corrected chi connectivity index (χ1v) is 7.96. The predicted octanol–water partition coefficient (Wildman–Crippen LogP) is 4.90. The summed E-state index contributed by atoms with van der Waals surface area (Å²) < 4.78 is 24.0. The molecule has 7 heteroatoms. The maximum absolute atomic E-state index is 13.7. The number of carbonyl (C=O) groups is 1. The van der Waals surface area contributed by atoms with Crippen molar-refractivity contribution < 1.29 is 18.3 Å². The van der Waals surface area contributed by atoms with Gasteiger partial charge >= 0.3 is 11.6 Å². The number of ether oxygens (including phenoxy) is 1. The van der Waals surface area contributed by atoms with Gasteiger partial charge in [0, 0.05) is 27.1 Å². The topological polar surface area (TPSA) is 56.5 Å². The minimum atomic E-state index is -0.889. The summed E-state index contributed by atoms with van der Waals surface area (Å²) in [4.78, 5) is 23.8. The molecule has 0 bridgehead atoms. The minimum absolute atomic E-state index is 0.210. The van der Waals surface area contributed by atoms with E-state index in [1.807, 2.05) is 0 Å². The van der Waals surface area contributed by atoms with Crippen LogP contribution in [0.4, 0.5) is 4.39 Å². The molecule has 0 saturated heterocycles. The molecule has 1 heterocycles. The lowest BCUT2D eigenvalue weighted by atomic mass is 10.1. The van der Waals surface area contributed by atoms with Crippen molar-refractivity contribution in [3.05, 3.63) is 79.4 Å². The third-order valence-electron chi connectivity index (χ3n) is 3.62. The number of rotatable bonds is 3. The van der Waals surface area contributed by atoms with Gasteiger partial charge in [-0.05, 0) is 42.8 Å². The van der Waals surface area contributed by atoms with E-state index in [0.29, 0.717) is 21.6 Å². The number of benzene rings is 2. The molecule has 3 aromatic rings. The highest BCUT2D eigenvalue weighted by Gasteiger charge is 2.16. The normalized spacial score (nSPS) is 10.9. The Kier molecular flexibility index (Phi) is 4.79. The van der Waals surface area contributed by atoms with Gasteiger partial charge in [-0.1, -0.05) is 23.2 Å². The molecule has 0 unspecified atom stereocenters. The van der Waals surface area contributed by atoms with E-state index in [1.54, 1.807) is 19.1 Å². The molecule has 0 aliphatic rings. The van der Waals surface area contributed by atoms with Gasteiger partial charge in [0.1, 0.15) is 18.0 Å². The molecule has 0 saturated carbocycles. The Morgan fingerprint density at radius 3 is 2.72 bits per heavy atom. The van der Waals surface area contributed by atoms with E-state index in [0.717, 1.165) is 11.6 Å². The third-order valence-corrected chi connectivity index (χ3v) is 4.26. The summed E-state index contributed by atoms with van der Waals surface area (Å²) in [6, 6.07) is 8.04. The van der Waals surface area contributed by atoms with E-state index in [2.05, 4.69) is 0 Å². The molecule has 128 valence electrons. The fraction of sp³-hybridized carbons (Fsp3) is 0.111. The molecule has 0 atom stereocenters. The smallest absolute Gasteiger partial charge is 0.341 e. The van der Waals surface area contributed by atoms with E-state index < -0.39 is 17.4 Å². The molecular weight excluding hydrogens is 370 g/mol. The van der Waals surface area contributed by atoms with Crippen molar-refractivity contribution in [3.63, 3.8) is 0 Å². The average molecular weight is 381 g/mol. The fourth-order valence-corrected chi connectivity index (χ4v) is 2.68. The number of carbonyl (C=O) groups excluding carboxylic acids is 1. The van der Waals surface area contributed by atoms with Crippen LogP contribution in [0.1, 0.15) is 21.5 Å². The average Bonchev–Trinajstić information content (AvgIpc) is 2.56. The highest BCUT2D eigenvalue weighted by atomic mass is 35.5. The first-order chi connectivity index (χ1) is 11.8. The van der Waals surface area contributed by atoms with E-state index >= 15 is 0 Å². The molecule has 0 fully saturated rings. The number of aryl methyl sites for hydroxylation is 1. The van der Waals surface area contributed by atoms with Crippen molar-refractivity contribution in [1.82, 2.24) is 0 Å². The van der Waals surface area contributed by atoms with Crippen LogP contribution in [0.25, 0.3) is 11.0 Å². The number of halogens is 3. The summed E-state index contributed by atoms with van der Waals surface area (Å²) >= 11 is 11.9. The Labute approximate surface area is 151 Å². The molecule has 25 heavy (non-hydrogen) atoms. The number of esters is 1. The molecule has 0 N–H and O–H groups in total. The quantitative estimate of drug-likeness (QED) is 0.478. The first-order valence-electron chi connectivity index (χ1n) is 7.20. The van der Waals surface area contributed by atoms with Crippen molar-refractivity contribution >= 4 is 40.1 Å².